The van der Waals surface area contributed by atoms with Gasteiger partial charge < -0.3 is 5.32 Å². The third-order valence-electron chi connectivity index (χ3n) is 6.13. The van der Waals surface area contributed by atoms with E-state index in [2.05, 4.69) is 10.3 Å². The number of benzene rings is 4. The van der Waals surface area contributed by atoms with Gasteiger partial charge in [0.1, 0.15) is 11.6 Å². The fraction of sp³-hybridized carbons (Fsp3) is 0.0667. The molecule has 0 aliphatic heterocycles. The van der Waals surface area contributed by atoms with Crippen LogP contribution in [-0.4, -0.2) is 10.8 Å². The number of fused-ring (bicyclic) bond motifs is 1. The lowest BCUT2D eigenvalue weighted by molar-refractivity contribution is -0.136. The highest BCUT2D eigenvalue weighted by Gasteiger charge is 2.34. The van der Waals surface area contributed by atoms with Crippen LogP contribution in [0.2, 0.25) is 0 Å². The molecule has 38 heavy (non-hydrogen) atoms. The number of hydrogen-bond donors (Lipinski definition) is 1. The standard InChI is InChI=1S/C30H19F5N2O/c31-21-12-13-26(32)20(14-21)16-36-22-9-4-8-19(15-22)27-23-10-5-11-25(30(33,34)35)28(23)37-17-24(27)29(38)18-6-2-1-3-7-18/h1-15,17,36H,16H2. The minimum Gasteiger partial charge on any atom is -0.381 e. The van der Waals surface area contributed by atoms with Crippen molar-refractivity contribution in [2.45, 2.75) is 12.7 Å². The summed E-state index contributed by atoms with van der Waals surface area (Å²) in [5.41, 5.74) is 0.664. The number of halogens is 5. The van der Waals surface area contributed by atoms with E-state index in [-0.39, 0.29) is 34.1 Å². The number of nitrogens with zero attached hydrogens (tertiary/aromatic N) is 1. The Labute approximate surface area is 214 Å². The third kappa shape index (κ3) is 4.98. The number of hydrogen-bond acceptors (Lipinski definition) is 3. The molecule has 3 nitrogen and oxygen atoms in total. The predicted molar refractivity (Wildman–Crippen MR) is 136 cm³/mol. The summed E-state index contributed by atoms with van der Waals surface area (Å²) in [7, 11) is 0. The molecule has 0 unspecified atom stereocenters. The highest BCUT2D eigenvalue weighted by Crippen LogP contribution is 2.39. The molecule has 0 bridgehead atoms. The summed E-state index contributed by atoms with van der Waals surface area (Å²) in [6.07, 6.45) is -3.47. The maximum absolute atomic E-state index is 14.1. The number of aromatic nitrogens is 1. The van der Waals surface area contributed by atoms with E-state index < -0.39 is 29.2 Å². The average Bonchev–Trinajstić information content (AvgIpc) is 2.92. The van der Waals surface area contributed by atoms with E-state index in [1.807, 2.05) is 0 Å². The van der Waals surface area contributed by atoms with Crippen molar-refractivity contribution in [3.8, 4) is 11.1 Å². The van der Waals surface area contributed by atoms with Crippen molar-refractivity contribution in [1.29, 1.82) is 0 Å². The lowest BCUT2D eigenvalue weighted by Gasteiger charge is -2.17. The molecule has 8 heteroatoms. The van der Waals surface area contributed by atoms with Crippen LogP contribution >= 0.6 is 0 Å². The molecule has 0 spiro atoms. The van der Waals surface area contributed by atoms with Crippen molar-refractivity contribution >= 4 is 22.4 Å². The second kappa shape index (κ2) is 10.0. The van der Waals surface area contributed by atoms with Gasteiger partial charge >= 0.3 is 6.18 Å². The molecule has 0 aliphatic rings. The van der Waals surface area contributed by atoms with Crippen LogP contribution in [0, 0.1) is 11.6 Å². The van der Waals surface area contributed by atoms with Crippen molar-refractivity contribution in [2.24, 2.45) is 0 Å². The molecule has 190 valence electrons. The van der Waals surface area contributed by atoms with Crippen LogP contribution in [0.5, 0.6) is 0 Å². The number of carbonyl (C=O) groups excluding carboxylic acids is 1. The number of para-hydroxylation sites is 1. The number of pyridine rings is 1. The van der Waals surface area contributed by atoms with E-state index in [1.165, 1.54) is 18.3 Å². The molecule has 0 radical (unpaired) electrons. The number of ketones is 1. The van der Waals surface area contributed by atoms with Gasteiger partial charge in [0.25, 0.3) is 0 Å². The number of carbonyl (C=O) groups is 1. The summed E-state index contributed by atoms with van der Waals surface area (Å²) in [6, 6.07) is 21.9. The molecule has 5 rings (SSSR count). The SMILES string of the molecule is O=C(c1ccccc1)c1cnc2c(C(F)(F)F)cccc2c1-c1cccc(NCc2cc(F)ccc2F)c1. The van der Waals surface area contributed by atoms with Crippen LogP contribution < -0.4 is 5.32 Å². The lowest BCUT2D eigenvalue weighted by atomic mass is 9.91. The van der Waals surface area contributed by atoms with Gasteiger partial charge in [-0.3, -0.25) is 9.78 Å². The van der Waals surface area contributed by atoms with Crippen molar-refractivity contribution in [3.63, 3.8) is 0 Å². The molecule has 5 aromatic rings. The average molecular weight is 518 g/mol. The molecule has 1 aromatic heterocycles. The van der Waals surface area contributed by atoms with Gasteiger partial charge in [0, 0.05) is 46.1 Å². The van der Waals surface area contributed by atoms with Gasteiger partial charge in [-0.1, -0.05) is 54.6 Å². The Morgan fingerprint density at radius 3 is 2.37 bits per heavy atom. The normalized spacial score (nSPS) is 11.5. The van der Waals surface area contributed by atoms with E-state index >= 15 is 0 Å². The highest BCUT2D eigenvalue weighted by molar-refractivity contribution is 6.16. The van der Waals surface area contributed by atoms with E-state index in [0.29, 0.717) is 16.8 Å². The first-order valence-corrected chi connectivity index (χ1v) is 11.6. The largest absolute Gasteiger partial charge is 0.418 e. The van der Waals surface area contributed by atoms with E-state index in [1.54, 1.807) is 54.6 Å². The number of alkyl halides is 3. The molecule has 1 heterocycles. The molecule has 0 saturated heterocycles. The van der Waals surface area contributed by atoms with E-state index in [0.717, 1.165) is 24.3 Å². The minimum absolute atomic E-state index is 0.0296. The molecular formula is C30H19F5N2O. The Balaban J connectivity index is 1.65. The molecule has 0 fully saturated rings. The third-order valence-corrected chi connectivity index (χ3v) is 6.13. The van der Waals surface area contributed by atoms with Crippen molar-refractivity contribution < 1.29 is 26.7 Å². The zero-order chi connectivity index (χ0) is 26.9. The van der Waals surface area contributed by atoms with Gasteiger partial charge in [-0.2, -0.15) is 13.2 Å². The molecule has 0 atom stereocenters. The summed E-state index contributed by atoms with van der Waals surface area (Å²) >= 11 is 0. The minimum atomic E-state index is -4.65. The maximum atomic E-state index is 14.1. The topological polar surface area (TPSA) is 42.0 Å². The number of nitrogens with one attached hydrogen (secondary N) is 1. The summed E-state index contributed by atoms with van der Waals surface area (Å²) < 4.78 is 69.0. The summed E-state index contributed by atoms with van der Waals surface area (Å²) in [5.74, 6) is -1.55. The van der Waals surface area contributed by atoms with Crippen LogP contribution in [0.3, 0.4) is 0 Å². The van der Waals surface area contributed by atoms with Gasteiger partial charge in [-0.05, 0) is 42.0 Å². The summed E-state index contributed by atoms with van der Waals surface area (Å²) in [4.78, 5) is 17.5. The van der Waals surface area contributed by atoms with Gasteiger partial charge in [-0.15, -0.1) is 0 Å². The Bertz CT molecular complexity index is 1650. The Kier molecular flexibility index (Phi) is 6.63. The molecule has 0 aliphatic carbocycles. The second-order valence-electron chi connectivity index (χ2n) is 8.61. The Hall–Kier alpha value is -4.59. The first-order chi connectivity index (χ1) is 18.2. The van der Waals surface area contributed by atoms with Crippen LogP contribution in [0.4, 0.5) is 27.6 Å². The van der Waals surface area contributed by atoms with Gasteiger partial charge in [0.15, 0.2) is 5.78 Å². The monoisotopic (exact) mass is 518 g/mol. The lowest BCUT2D eigenvalue weighted by Crippen LogP contribution is -2.09. The molecule has 0 saturated carbocycles. The summed E-state index contributed by atoms with van der Waals surface area (Å²) in [5, 5.41) is 3.18. The number of rotatable bonds is 6. The maximum Gasteiger partial charge on any atom is 0.418 e. The molecule has 0 amide bonds. The van der Waals surface area contributed by atoms with Crippen molar-refractivity contribution in [3.05, 3.63) is 131 Å². The second-order valence-corrected chi connectivity index (χ2v) is 8.61. The van der Waals surface area contributed by atoms with Crippen LogP contribution in [0.15, 0.2) is 97.2 Å². The van der Waals surface area contributed by atoms with Gasteiger partial charge in [-0.25, -0.2) is 8.78 Å². The first kappa shape index (κ1) is 25.1. The van der Waals surface area contributed by atoms with E-state index in [9.17, 15) is 26.7 Å². The first-order valence-electron chi connectivity index (χ1n) is 11.6. The van der Waals surface area contributed by atoms with Crippen molar-refractivity contribution in [1.82, 2.24) is 4.98 Å². The van der Waals surface area contributed by atoms with E-state index in [4.69, 9.17) is 0 Å². The quantitative estimate of drug-likeness (QED) is 0.183. The fourth-order valence-electron chi connectivity index (χ4n) is 4.34. The Morgan fingerprint density at radius 2 is 1.61 bits per heavy atom. The van der Waals surface area contributed by atoms with Crippen LogP contribution in [-0.2, 0) is 12.7 Å². The highest BCUT2D eigenvalue weighted by atomic mass is 19.4. The van der Waals surface area contributed by atoms with Crippen molar-refractivity contribution in [2.75, 3.05) is 5.32 Å². The molecular weight excluding hydrogens is 499 g/mol. The zero-order valence-electron chi connectivity index (χ0n) is 19.7. The van der Waals surface area contributed by atoms with Gasteiger partial charge in [0.2, 0.25) is 0 Å². The van der Waals surface area contributed by atoms with Crippen LogP contribution in [0.25, 0.3) is 22.0 Å². The summed E-state index contributed by atoms with van der Waals surface area (Å²) in [6.45, 7) is -0.0296. The molecule has 1 N–H and O–H groups in total. The Morgan fingerprint density at radius 1 is 0.842 bits per heavy atom. The number of anilines is 1. The molecule has 4 aromatic carbocycles. The van der Waals surface area contributed by atoms with Gasteiger partial charge in [0.05, 0.1) is 11.1 Å². The van der Waals surface area contributed by atoms with Crippen LogP contribution in [0.1, 0.15) is 27.0 Å². The predicted octanol–water partition coefficient (Wildman–Crippen LogP) is 8.04. The fourth-order valence-corrected chi connectivity index (χ4v) is 4.34. The smallest absolute Gasteiger partial charge is 0.381 e. The zero-order valence-corrected chi connectivity index (χ0v) is 19.7.